The molecule has 1 amide bonds. The van der Waals surface area contributed by atoms with E-state index in [4.69, 9.17) is 10.5 Å². The second-order valence-corrected chi connectivity index (χ2v) is 8.45. The average Bonchev–Trinajstić information content (AvgIpc) is 2.57. The van der Waals surface area contributed by atoms with Crippen molar-refractivity contribution in [3.8, 4) is 0 Å². The Kier molecular flexibility index (Phi) is 10.7. The molecule has 0 saturated carbocycles. The Hall–Kier alpha value is -0.0100. The Balaban J connectivity index is 0.00000312. The number of morpholine rings is 1. The lowest BCUT2D eigenvalue weighted by atomic mass is 9.92. The van der Waals surface area contributed by atoms with Crippen molar-refractivity contribution >= 4 is 30.1 Å². The smallest absolute Gasteiger partial charge is 0.239 e. The van der Waals surface area contributed by atoms with Gasteiger partial charge in [0.05, 0.1) is 18.2 Å². The van der Waals surface area contributed by atoms with Gasteiger partial charge in [0.25, 0.3) is 0 Å². The van der Waals surface area contributed by atoms with Crippen LogP contribution in [0.1, 0.15) is 39.5 Å². The van der Waals surface area contributed by atoms with Crippen molar-refractivity contribution < 1.29 is 9.53 Å². The van der Waals surface area contributed by atoms with E-state index in [0.29, 0.717) is 12.2 Å². The van der Waals surface area contributed by atoms with Crippen LogP contribution in [-0.4, -0.2) is 78.7 Å². The van der Waals surface area contributed by atoms with Gasteiger partial charge in [0.15, 0.2) is 0 Å². The highest BCUT2D eigenvalue weighted by atomic mass is 35.5. The largest absolute Gasteiger partial charge is 0.373 e. The lowest BCUT2D eigenvalue weighted by Gasteiger charge is -2.37. The van der Waals surface area contributed by atoms with Gasteiger partial charge in [-0.15, -0.1) is 12.4 Å². The van der Waals surface area contributed by atoms with Crippen LogP contribution in [0.4, 0.5) is 0 Å². The number of thioether (sulfide) groups is 1. The third-order valence-corrected chi connectivity index (χ3v) is 5.87. The van der Waals surface area contributed by atoms with E-state index in [1.807, 2.05) is 4.90 Å². The van der Waals surface area contributed by atoms with Crippen LogP contribution in [0.2, 0.25) is 0 Å². The summed E-state index contributed by atoms with van der Waals surface area (Å²) in [6, 6.07) is -0.315. The van der Waals surface area contributed by atoms with E-state index < -0.39 is 0 Å². The van der Waals surface area contributed by atoms with Crippen LogP contribution in [0.15, 0.2) is 0 Å². The molecule has 2 aliphatic heterocycles. The molecule has 2 unspecified atom stereocenters. The number of halogens is 1. The highest BCUT2D eigenvalue weighted by Crippen LogP contribution is 2.22. The number of carbonyl (C=O) groups is 1. The molecule has 0 aromatic rings. The van der Waals surface area contributed by atoms with E-state index in [2.05, 4.69) is 25.0 Å². The molecule has 2 fully saturated rings. The summed E-state index contributed by atoms with van der Waals surface area (Å²) < 4.78 is 5.80. The minimum absolute atomic E-state index is 0. The number of likely N-dealkylation sites (tertiary alicyclic amines) is 1. The Morgan fingerprint density at radius 3 is 2.40 bits per heavy atom. The fraction of sp³-hybridized carbons (Fsp3) is 0.944. The van der Waals surface area contributed by atoms with Gasteiger partial charge in [-0.25, -0.2) is 0 Å². The van der Waals surface area contributed by atoms with Crippen molar-refractivity contribution in [3.63, 3.8) is 0 Å². The van der Waals surface area contributed by atoms with Gasteiger partial charge in [0.1, 0.15) is 0 Å². The maximum absolute atomic E-state index is 12.4. The van der Waals surface area contributed by atoms with Gasteiger partial charge in [-0.3, -0.25) is 9.69 Å². The standard InChI is InChI=1S/C18H35N3O2S.ClH/c1-14-12-20(13-15(2)23-14)8-4-16-5-9-21(10-6-16)18(22)17(19)7-11-24-3;/h14-17H,4-13,19H2,1-3H3;1H/t14?,15?,17-;/m0./s1. The first-order chi connectivity index (χ1) is 11.5. The first kappa shape index (κ1) is 23.0. The summed E-state index contributed by atoms with van der Waals surface area (Å²) in [5.41, 5.74) is 6.03. The highest BCUT2D eigenvalue weighted by Gasteiger charge is 2.27. The van der Waals surface area contributed by atoms with Gasteiger partial charge in [-0.05, 0) is 64.0 Å². The molecular formula is C18H36ClN3O2S. The molecule has 0 aromatic heterocycles. The van der Waals surface area contributed by atoms with Crippen LogP contribution >= 0.6 is 24.2 Å². The Labute approximate surface area is 163 Å². The molecular weight excluding hydrogens is 358 g/mol. The topological polar surface area (TPSA) is 58.8 Å². The van der Waals surface area contributed by atoms with Crippen molar-refractivity contribution in [2.24, 2.45) is 11.7 Å². The fourth-order valence-corrected chi connectivity index (χ4v) is 4.37. The van der Waals surface area contributed by atoms with Gasteiger partial charge in [0, 0.05) is 26.2 Å². The molecule has 25 heavy (non-hydrogen) atoms. The van der Waals surface area contributed by atoms with E-state index in [0.717, 1.165) is 63.7 Å². The van der Waals surface area contributed by atoms with E-state index in [9.17, 15) is 4.79 Å². The molecule has 3 atom stereocenters. The molecule has 7 heteroatoms. The number of rotatable bonds is 7. The zero-order valence-corrected chi connectivity index (χ0v) is 17.6. The van der Waals surface area contributed by atoms with Gasteiger partial charge in [-0.2, -0.15) is 11.8 Å². The van der Waals surface area contributed by atoms with E-state index in [1.165, 1.54) is 6.42 Å². The minimum atomic E-state index is -0.315. The number of amides is 1. The molecule has 5 nitrogen and oxygen atoms in total. The van der Waals surface area contributed by atoms with Crippen LogP contribution in [0.3, 0.4) is 0 Å². The maximum atomic E-state index is 12.4. The van der Waals surface area contributed by atoms with Gasteiger partial charge < -0.3 is 15.4 Å². The molecule has 2 aliphatic rings. The van der Waals surface area contributed by atoms with Crippen molar-refractivity contribution in [1.29, 1.82) is 0 Å². The first-order valence-electron chi connectivity index (χ1n) is 9.40. The molecule has 2 heterocycles. The molecule has 0 spiro atoms. The van der Waals surface area contributed by atoms with Crippen LogP contribution in [0.5, 0.6) is 0 Å². The molecule has 2 rings (SSSR count). The normalized spacial score (nSPS) is 27.0. The molecule has 0 bridgehead atoms. The summed E-state index contributed by atoms with van der Waals surface area (Å²) in [5, 5.41) is 0. The first-order valence-corrected chi connectivity index (χ1v) is 10.8. The predicted octanol–water partition coefficient (Wildman–Crippen LogP) is 2.23. The zero-order valence-electron chi connectivity index (χ0n) is 16.0. The highest BCUT2D eigenvalue weighted by molar-refractivity contribution is 7.98. The van der Waals surface area contributed by atoms with Gasteiger partial charge >= 0.3 is 0 Å². The molecule has 2 saturated heterocycles. The molecule has 0 aromatic carbocycles. The molecule has 0 aliphatic carbocycles. The number of nitrogens with zero attached hydrogens (tertiary/aromatic N) is 2. The van der Waals surface area contributed by atoms with Crippen molar-refractivity contribution in [2.75, 3.05) is 44.7 Å². The molecule has 0 radical (unpaired) electrons. The summed E-state index contributed by atoms with van der Waals surface area (Å²) in [6.45, 7) is 9.33. The van der Waals surface area contributed by atoms with Crippen LogP contribution in [-0.2, 0) is 9.53 Å². The Morgan fingerprint density at radius 2 is 1.84 bits per heavy atom. The second kappa shape index (κ2) is 11.7. The minimum Gasteiger partial charge on any atom is -0.373 e. The lowest BCUT2D eigenvalue weighted by Crippen LogP contribution is -2.48. The van der Waals surface area contributed by atoms with E-state index in [1.54, 1.807) is 11.8 Å². The zero-order chi connectivity index (χ0) is 17.5. The summed E-state index contributed by atoms with van der Waals surface area (Å²) in [7, 11) is 0. The van der Waals surface area contributed by atoms with E-state index in [-0.39, 0.29) is 24.4 Å². The number of hydrogen-bond donors (Lipinski definition) is 1. The Bertz CT molecular complexity index is 385. The SMILES string of the molecule is CSCC[C@H](N)C(=O)N1CCC(CCN2CC(C)OC(C)C2)CC1.Cl. The number of ether oxygens (including phenoxy) is 1. The summed E-state index contributed by atoms with van der Waals surface area (Å²) >= 11 is 1.75. The van der Waals surface area contributed by atoms with Crippen molar-refractivity contribution in [3.05, 3.63) is 0 Å². The number of hydrogen-bond acceptors (Lipinski definition) is 5. The van der Waals surface area contributed by atoms with Gasteiger partial charge in [0.2, 0.25) is 5.91 Å². The third-order valence-electron chi connectivity index (χ3n) is 5.23. The fourth-order valence-electron chi connectivity index (χ4n) is 3.88. The second-order valence-electron chi connectivity index (χ2n) is 7.46. The predicted molar refractivity (Wildman–Crippen MR) is 109 cm³/mol. The molecule has 148 valence electrons. The summed E-state index contributed by atoms with van der Waals surface area (Å²) in [5.74, 6) is 1.85. The molecule has 2 N–H and O–H groups in total. The average molecular weight is 394 g/mol. The quantitative estimate of drug-likeness (QED) is 0.718. The van der Waals surface area contributed by atoms with Crippen LogP contribution in [0, 0.1) is 5.92 Å². The summed E-state index contributed by atoms with van der Waals surface area (Å²) in [6.07, 6.45) is 7.01. The number of carbonyl (C=O) groups excluding carboxylic acids is 1. The van der Waals surface area contributed by atoms with Gasteiger partial charge in [-0.1, -0.05) is 0 Å². The maximum Gasteiger partial charge on any atom is 0.239 e. The van der Waals surface area contributed by atoms with Crippen LogP contribution < -0.4 is 5.73 Å². The summed E-state index contributed by atoms with van der Waals surface area (Å²) in [4.78, 5) is 16.9. The van der Waals surface area contributed by atoms with Crippen molar-refractivity contribution in [1.82, 2.24) is 9.80 Å². The number of nitrogens with two attached hydrogens (primary N) is 1. The third kappa shape index (κ3) is 7.63. The lowest BCUT2D eigenvalue weighted by molar-refractivity contribution is -0.134. The van der Waals surface area contributed by atoms with Crippen molar-refractivity contribution in [2.45, 2.75) is 57.8 Å². The van der Waals surface area contributed by atoms with E-state index >= 15 is 0 Å². The number of piperidine rings is 1. The monoisotopic (exact) mass is 393 g/mol. The Morgan fingerprint density at radius 1 is 1.24 bits per heavy atom. The van der Waals surface area contributed by atoms with Crippen LogP contribution in [0.25, 0.3) is 0 Å².